The fraction of sp³-hybridized carbons (Fsp3) is 0.235. The number of aromatic nitrogens is 1. The topological polar surface area (TPSA) is 42.4 Å². The number of hydrogen-bond acceptors (Lipinski definition) is 4. The van der Waals surface area contributed by atoms with E-state index in [2.05, 4.69) is 18.8 Å². The molecule has 2 aromatic carbocycles. The van der Waals surface area contributed by atoms with Crippen molar-refractivity contribution in [1.82, 2.24) is 4.98 Å². The van der Waals surface area contributed by atoms with Crippen LogP contribution in [-0.2, 0) is 6.61 Å². The molecule has 0 spiro atoms. The first-order valence-electron chi connectivity index (χ1n) is 6.92. The number of nitrogens with zero attached hydrogens (tertiary/aromatic N) is 1. The maximum atomic E-state index is 9.53. The number of benzene rings is 2. The number of rotatable bonds is 4. The summed E-state index contributed by atoms with van der Waals surface area (Å²) in [4.78, 5) is 4.55. The third-order valence-electron chi connectivity index (χ3n) is 3.25. The Morgan fingerprint density at radius 1 is 1.14 bits per heavy atom. The minimum Gasteiger partial charge on any atom is -0.508 e. The van der Waals surface area contributed by atoms with Gasteiger partial charge in [-0.1, -0.05) is 26.0 Å². The SMILES string of the molecule is CC(C)c1nc(COc2ccc3ccc(O)cc3c2)cs1. The highest BCUT2D eigenvalue weighted by molar-refractivity contribution is 7.09. The van der Waals surface area contributed by atoms with E-state index in [-0.39, 0.29) is 5.75 Å². The van der Waals surface area contributed by atoms with Gasteiger partial charge in [0.05, 0.1) is 10.7 Å². The summed E-state index contributed by atoms with van der Waals surface area (Å²) in [6.45, 7) is 4.74. The molecule has 3 nitrogen and oxygen atoms in total. The maximum Gasteiger partial charge on any atom is 0.131 e. The molecule has 0 aliphatic carbocycles. The molecule has 0 aliphatic heterocycles. The molecule has 3 rings (SSSR count). The lowest BCUT2D eigenvalue weighted by atomic mass is 10.1. The van der Waals surface area contributed by atoms with Crippen molar-refractivity contribution in [1.29, 1.82) is 0 Å². The minimum atomic E-state index is 0.265. The first-order chi connectivity index (χ1) is 10.1. The molecule has 21 heavy (non-hydrogen) atoms. The fourth-order valence-electron chi connectivity index (χ4n) is 2.11. The molecular weight excluding hydrogens is 282 g/mol. The van der Waals surface area contributed by atoms with Crippen LogP contribution in [0.5, 0.6) is 11.5 Å². The Morgan fingerprint density at radius 2 is 1.95 bits per heavy atom. The van der Waals surface area contributed by atoms with Crippen LogP contribution < -0.4 is 4.74 Å². The van der Waals surface area contributed by atoms with Crippen LogP contribution in [0.25, 0.3) is 10.8 Å². The Bertz CT molecular complexity index is 764. The maximum absolute atomic E-state index is 9.53. The average Bonchev–Trinajstić information content (AvgIpc) is 2.93. The average molecular weight is 299 g/mol. The molecular formula is C17H17NO2S. The number of aromatic hydroxyl groups is 1. The van der Waals surface area contributed by atoms with Gasteiger partial charge < -0.3 is 9.84 Å². The van der Waals surface area contributed by atoms with Gasteiger partial charge in [0.15, 0.2) is 0 Å². The highest BCUT2D eigenvalue weighted by atomic mass is 32.1. The van der Waals surface area contributed by atoms with E-state index in [1.165, 1.54) is 0 Å². The van der Waals surface area contributed by atoms with Crippen LogP contribution in [0.1, 0.15) is 30.5 Å². The second-order valence-electron chi connectivity index (χ2n) is 5.31. The highest BCUT2D eigenvalue weighted by Gasteiger charge is 2.06. The van der Waals surface area contributed by atoms with Crippen molar-refractivity contribution in [2.24, 2.45) is 0 Å². The van der Waals surface area contributed by atoms with Gasteiger partial charge >= 0.3 is 0 Å². The zero-order valence-corrected chi connectivity index (χ0v) is 12.9. The lowest BCUT2D eigenvalue weighted by Gasteiger charge is -2.06. The number of ether oxygens (including phenoxy) is 1. The molecule has 0 bridgehead atoms. The number of phenols is 1. The normalized spacial score (nSPS) is 11.2. The molecule has 1 N–H and O–H groups in total. The van der Waals surface area contributed by atoms with Crippen molar-refractivity contribution in [2.75, 3.05) is 0 Å². The van der Waals surface area contributed by atoms with Gasteiger partial charge in [0, 0.05) is 11.3 Å². The molecule has 0 amide bonds. The van der Waals surface area contributed by atoms with Crippen molar-refractivity contribution in [3.63, 3.8) is 0 Å². The fourth-order valence-corrected chi connectivity index (χ4v) is 2.93. The summed E-state index contributed by atoms with van der Waals surface area (Å²) in [5.41, 5.74) is 0.958. The molecule has 0 saturated carbocycles. The van der Waals surface area contributed by atoms with Crippen LogP contribution in [0.4, 0.5) is 0 Å². The molecule has 1 heterocycles. The smallest absolute Gasteiger partial charge is 0.131 e. The summed E-state index contributed by atoms with van der Waals surface area (Å²) in [5.74, 6) is 1.50. The van der Waals surface area contributed by atoms with E-state index < -0.39 is 0 Å². The summed E-state index contributed by atoms with van der Waals surface area (Å²) in [5, 5.41) is 14.8. The Hall–Kier alpha value is -2.07. The van der Waals surface area contributed by atoms with Crippen molar-refractivity contribution >= 4 is 22.1 Å². The number of phenolic OH excluding ortho intramolecular Hbond substituents is 1. The molecule has 0 unspecified atom stereocenters. The van der Waals surface area contributed by atoms with Crippen LogP contribution in [0, 0.1) is 0 Å². The summed E-state index contributed by atoms with van der Waals surface area (Å²) in [6.07, 6.45) is 0. The van der Waals surface area contributed by atoms with Gasteiger partial charge in [0.1, 0.15) is 18.1 Å². The standard InChI is InChI=1S/C17H17NO2S/c1-11(2)17-18-14(10-21-17)9-20-16-6-4-12-3-5-15(19)7-13(12)8-16/h3-8,10-11,19H,9H2,1-2H3. The molecule has 1 aromatic heterocycles. The monoisotopic (exact) mass is 299 g/mol. The van der Waals surface area contributed by atoms with Gasteiger partial charge in [-0.15, -0.1) is 11.3 Å². The number of thiazole rings is 1. The molecule has 0 radical (unpaired) electrons. The van der Waals surface area contributed by atoms with Crippen LogP contribution in [-0.4, -0.2) is 10.1 Å². The van der Waals surface area contributed by atoms with Crippen LogP contribution in [0.2, 0.25) is 0 Å². The van der Waals surface area contributed by atoms with Gasteiger partial charge in [-0.2, -0.15) is 0 Å². The van der Waals surface area contributed by atoms with E-state index in [0.717, 1.165) is 27.2 Å². The first kappa shape index (κ1) is 13.9. The Balaban J connectivity index is 1.75. The third-order valence-corrected chi connectivity index (χ3v) is 4.44. The highest BCUT2D eigenvalue weighted by Crippen LogP contribution is 2.25. The first-order valence-corrected chi connectivity index (χ1v) is 7.79. The lowest BCUT2D eigenvalue weighted by molar-refractivity contribution is 0.302. The van der Waals surface area contributed by atoms with E-state index in [1.54, 1.807) is 23.5 Å². The minimum absolute atomic E-state index is 0.265. The third kappa shape index (κ3) is 3.16. The van der Waals surface area contributed by atoms with E-state index >= 15 is 0 Å². The summed E-state index contributed by atoms with van der Waals surface area (Å²) in [7, 11) is 0. The van der Waals surface area contributed by atoms with Gasteiger partial charge in [-0.3, -0.25) is 0 Å². The van der Waals surface area contributed by atoms with Gasteiger partial charge in [-0.25, -0.2) is 4.98 Å². The van der Waals surface area contributed by atoms with Crippen molar-refractivity contribution in [3.05, 3.63) is 52.5 Å². The Morgan fingerprint density at radius 3 is 2.71 bits per heavy atom. The van der Waals surface area contributed by atoms with Crippen molar-refractivity contribution in [3.8, 4) is 11.5 Å². The zero-order valence-electron chi connectivity index (χ0n) is 12.0. The molecule has 108 valence electrons. The summed E-state index contributed by atoms with van der Waals surface area (Å²) in [6, 6.07) is 11.2. The van der Waals surface area contributed by atoms with Gasteiger partial charge in [-0.05, 0) is 35.0 Å². The van der Waals surface area contributed by atoms with E-state index in [0.29, 0.717) is 12.5 Å². The van der Waals surface area contributed by atoms with E-state index in [1.807, 2.05) is 29.6 Å². The summed E-state index contributed by atoms with van der Waals surface area (Å²) >= 11 is 1.67. The van der Waals surface area contributed by atoms with Crippen molar-refractivity contribution < 1.29 is 9.84 Å². The number of fused-ring (bicyclic) bond motifs is 1. The number of hydrogen-bond donors (Lipinski definition) is 1. The van der Waals surface area contributed by atoms with E-state index in [4.69, 9.17) is 4.74 Å². The molecule has 0 saturated heterocycles. The molecule has 3 aromatic rings. The molecule has 0 aliphatic rings. The predicted molar refractivity (Wildman–Crippen MR) is 86.1 cm³/mol. The quantitative estimate of drug-likeness (QED) is 0.759. The second kappa shape index (κ2) is 5.74. The predicted octanol–water partition coefficient (Wildman–Crippen LogP) is 4.70. The van der Waals surface area contributed by atoms with Crippen molar-refractivity contribution in [2.45, 2.75) is 26.4 Å². The van der Waals surface area contributed by atoms with E-state index in [9.17, 15) is 5.11 Å². The summed E-state index contributed by atoms with van der Waals surface area (Å²) < 4.78 is 5.80. The lowest BCUT2D eigenvalue weighted by Crippen LogP contribution is -1.96. The molecule has 0 atom stereocenters. The van der Waals surface area contributed by atoms with Crippen LogP contribution in [0.15, 0.2) is 41.8 Å². The molecule has 0 fully saturated rings. The molecule has 4 heteroatoms. The second-order valence-corrected chi connectivity index (χ2v) is 6.20. The Kier molecular flexibility index (Phi) is 3.80. The zero-order chi connectivity index (χ0) is 14.8. The van der Waals surface area contributed by atoms with Crippen LogP contribution >= 0.6 is 11.3 Å². The van der Waals surface area contributed by atoms with Gasteiger partial charge in [0.2, 0.25) is 0 Å². The Labute approximate surface area is 127 Å². The van der Waals surface area contributed by atoms with Gasteiger partial charge in [0.25, 0.3) is 0 Å². The largest absolute Gasteiger partial charge is 0.508 e. The van der Waals surface area contributed by atoms with Crippen LogP contribution in [0.3, 0.4) is 0 Å².